The molecular formula is C20H27NO5. The van der Waals surface area contributed by atoms with Crippen LogP contribution >= 0.6 is 0 Å². The molecule has 0 unspecified atom stereocenters. The molecule has 142 valence electrons. The maximum atomic E-state index is 12.3. The van der Waals surface area contributed by atoms with E-state index >= 15 is 0 Å². The lowest BCUT2D eigenvalue weighted by Crippen LogP contribution is -2.35. The first kappa shape index (κ1) is 19.8. The highest BCUT2D eigenvalue weighted by molar-refractivity contribution is 5.82. The molecule has 0 aliphatic carbocycles. The molecule has 0 saturated carbocycles. The molecule has 1 aromatic carbocycles. The number of rotatable bonds is 5. The second-order valence-electron chi connectivity index (χ2n) is 7.71. The third-order valence-corrected chi connectivity index (χ3v) is 3.76. The van der Waals surface area contributed by atoms with E-state index in [9.17, 15) is 9.59 Å². The summed E-state index contributed by atoms with van der Waals surface area (Å²) in [6.07, 6.45) is 0.141. The summed E-state index contributed by atoms with van der Waals surface area (Å²) in [6.45, 7) is 9.54. The van der Waals surface area contributed by atoms with Crippen molar-refractivity contribution in [3.8, 4) is 5.75 Å². The fourth-order valence-corrected chi connectivity index (χ4v) is 2.77. The summed E-state index contributed by atoms with van der Waals surface area (Å²) in [5, 5.41) is 3.65. The molecule has 0 bridgehead atoms. The van der Waals surface area contributed by atoms with Gasteiger partial charge in [0.1, 0.15) is 16.9 Å². The van der Waals surface area contributed by atoms with Gasteiger partial charge in [0.05, 0.1) is 13.2 Å². The average molecular weight is 361 g/mol. The summed E-state index contributed by atoms with van der Waals surface area (Å²) in [4.78, 5) is 24.3. The molecule has 6 heteroatoms. The average Bonchev–Trinajstić information content (AvgIpc) is 2.50. The van der Waals surface area contributed by atoms with Crippen molar-refractivity contribution in [1.29, 1.82) is 0 Å². The second kappa shape index (κ2) is 7.81. The zero-order chi connectivity index (χ0) is 19.5. The van der Waals surface area contributed by atoms with Crippen LogP contribution in [0.1, 0.15) is 52.6 Å². The molecule has 0 radical (unpaired) electrons. The summed E-state index contributed by atoms with van der Waals surface area (Å²) in [5.41, 5.74) is 0.0583. The lowest BCUT2D eigenvalue weighted by Gasteiger charge is -2.25. The fraction of sp³-hybridized carbons (Fsp3) is 0.500. The molecule has 26 heavy (non-hydrogen) atoms. The van der Waals surface area contributed by atoms with Crippen molar-refractivity contribution in [2.45, 2.75) is 52.7 Å². The van der Waals surface area contributed by atoms with Crippen molar-refractivity contribution in [2.24, 2.45) is 5.92 Å². The number of carbonyl (C=O) groups is 1. The Bertz CT molecular complexity index is 832. The molecule has 1 heterocycles. The predicted molar refractivity (Wildman–Crippen MR) is 101 cm³/mol. The van der Waals surface area contributed by atoms with Gasteiger partial charge in [-0.05, 0) is 50.8 Å². The zero-order valence-corrected chi connectivity index (χ0v) is 16.2. The first-order chi connectivity index (χ1) is 12.1. The van der Waals surface area contributed by atoms with Crippen LogP contribution < -0.4 is 15.7 Å². The first-order valence-electron chi connectivity index (χ1n) is 8.70. The van der Waals surface area contributed by atoms with Gasteiger partial charge in [0.2, 0.25) is 0 Å². The fourth-order valence-electron chi connectivity index (χ4n) is 2.77. The van der Waals surface area contributed by atoms with Gasteiger partial charge in [0.15, 0.2) is 0 Å². The number of benzene rings is 1. The van der Waals surface area contributed by atoms with E-state index in [2.05, 4.69) is 19.2 Å². The van der Waals surface area contributed by atoms with Crippen LogP contribution in [-0.4, -0.2) is 18.8 Å². The zero-order valence-electron chi connectivity index (χ0n) is 16.2. The van der Waals surface area contributed by atoms with E-state index in [4.69, 9.17) is 13.9 Å². The second-order valence-corrected chi connectivity index (χ2v) is 7.71. The van der Waals surface area contributed by atoms with Crippen LogP contribution in [0, 0.1) is 5.92 Å². The molecule has 1 atom stereocenters. The maximum absolute atomic E-state index is 12.3. The van der Waals surface area contributed by atoms with Crippen LogP contribution in [0.4, 0.5) is 4.79 Å². The SMILES string of the molecule is COc1ccc2c([C@H](CC(C)C)NC(=O)OC(C)(C)C)cc(=O)oc2c1. The molecule has 0 saturated heterocycles. The number of carbonyl (C=O) groups excluding carboxylic acids is 1. The number of nitrogens with one attached hydrogen (secondary N) is 1. The van der Waals surface area contributed by atoms with Crippen LogP contribution in [0.2, 0.25) is 0 Å². The largest absolute Gasteiger partial charge is 0.497 e. The van der Waals surface area contributed by atoms with Crippen molar-refractivity contribution in [3.05, 3.63) is 40.2 Å². The Morgan fingerprint density at radius 2 is 1.92 bits per heavy atom. The highest BCUT2D eigenvalue weighted by Crippen LogP contribution is 2.29. The van der Waals surface area contributed by atoms with Crippen molar-refractivity contribution in [2.75, 3.05) is 7.11 Å². The lowest BCUT2D eigenvalue weighted by molar-refractivity contribution is 0.0498. The van der Waals surface area contributed by atoms with E-state index in [0.29, 0.717) is 29.2 Å². The van der Waals surface area contributed by atoms with Gasteiger partial charge in [-0.1, -0.05) is 13.8 Å². The lowest BCUT2D eigenvalue weighted by atomic mass is 9.95. The Labute approximate surface area is 153 Å². The van der Waals surface area contributed by atoms with Crippen LogP contribution in [0.15, 0.2) is 33.5 Å². The third-order valence-electron chi connectivity index (χ3n) is 3.76. The van der Waals surface area contributed by atoms with E-state index in [0.717, 1.165) is 5.39 Å². The Balaban J connectivity index is 2.47. The summed E-state index contributed by atoms with van der Waals surface area (Å²) in [6, 6.07) is 6.35. The standard InChI is InChI=1S/C20H27NO5/c1-12(2)9-16(21-19(23)26-20(3,4)5)15-11-18(22)25-17-10-13(24-6)7-8-14(15)17/h7-8,10-12,16H,9H2,1-6H3,(H,21,23)/t16-/m0/s1. The normalized spacial score (nSPS) is 12.9. The van der Waals surface area contributed by atoms with E-state index < -0.39 is 17.3 Å². The van der Waals surface area contributed by atoms with E-state index in [1.807, 2.05) is 26.8 Å². The van der Waals surface area contributed by atoms with Gasteiger partial charge < -0.3 is 19.2 Å². The number of alkyl carbamates (subject to hydrolysis) is 1. The van der Waals surface area contributed by atoms with E-state index in [-0.39, 0.29) is 6.04 Å². The molecule has 1 N–H and O–H groups in total. The van der Waals surface area contributed by atoms with Crippen LogP contribution in [-0.2, 0) is 4.74 Å². The number of hydrogen-bond acceptors (Lipinski definition) is 5. The quantitative estimate of drug-likeness (QED) is 0.798. The number of ether oxygens (including phenoxy) is 2. The van der Waals surface area contributed by atoms with Crippen LogP contribution in [0.5, 0.6) is 5.75 Å². The van der Waals surface area contributed by atoms with Crippen LogP contribution in [0.25, 0.3) is 11.0 Å². The maximum Gasteiger partial charge on any atom is 0.408 e. The van der Waals surface area contributed by atoms with Gasteiger partial charge in [-0.2, -0.15) is 0 Å². The molecule has 6 nitrogen and oxygen atoms in total. The highest BCUT2D eigenvalue weighted by Gasteiger charge is 2.23. The predicted octanol–water partition coefficient (Wildman–Crippen LogP) is 4.41. The van der Waals surface area contributed by atoms with Gasteiger partial charge >= 0.3 is 11.7 Å². The monoisotopic (exact) mass is 361 g/mol. The molecule has 0 spiro atoms. The third kappa shape index (κ3) is 5.25. The Hall–Kier alpha value is -2.50. The topological polar surface area (TPSA) is 77.8 Å². The number of methoxy groups -OCH3 is 1. The molecule has 0 fully saturated rings. The van der Waals surface area contributed by atoms with Crippen molar-refractivity contribution < 1.29 is 18.7 Å². The smallest absolute Gasteiger partial charge is 0.408 e. The minimum atomic E-state index is -0.600. The summed E-state index contributed by atoms with van der Waals surface area (Å²) in [5.74, 6) is 0.897. The molecule has 0 aliphatic rings. The first-order valence-corrected chi connectivity index (χ1v) is 8.70. The summed E-state index contributed by atoms with van der Waals surface area (Å²) in [7, 11) is 1.55. The minimum Gasteiger partial charge on any atom is -0.497 e. The van der Waals surface area contributed by atoms with Crippen LogP contribution in [0.3, 0.4) is 0 Å². The Morgan fingerprint density at radius 1 is 1.23 bits per heavy atom. The van der Waals surface area contributed by atoms with Gasteiger partial charge in [0, 0.05) is 17.5 Å². The molecular weight excluding hydrogens is 334 g/mol. The van der Waals surface area contributed by atoms with Crippen molar-refractivity contribution >= 4 is 17.1 Å². The van der Waals surface area contributed by atoms with Gasteiger partial charge in [-0.25, -0.2) is 9.59 Å². The molecule has 2 aromatic rings. The summed E-state index contributed by atoms with van der Waals surface area (Å²) < 4.78 is 15.9. The molecule has 1 aromatic heterocycles. The summed E-state index contributed by atoms with van der Waals surface area (Å²) >= 11 is 0. The van der Waals surface area contributed by atoms with Gasteiger partial charge in [-0.3, -0.25) is 0 Å². The molecule has 0 aliphatic heterocycles. The highest BCUT2D eigenvalue weighted by atomic mass is 16.6. The number of amides is 1. The molecule has 1 amide bonds. The van der Waals surface area contributed by atoms with Gasteiger partial charge in [-0.15, -0.1) is 0 Å². The molecule has 2 rings (SSSR count). The minimum absolute atomic E-state index is 0.301. The van der Waals surface area contributed by atoms with Crippen molar-refractivity contribution in [3.63, 3.8) is 0 Å². The van der Waals surface area contributed by atoms with Crippen molar-refractivity contribution in [1.82, 2.24) is 5.32 Å². The number of hydrogen-bond donors (Lipinski definition) is 1. The Morgan fingerprint density at radius 3 is 2.50 bits per heavy atom. The number of fused-ring (bicyclic) bond motifs is 1. The van der Waals surface area contributed by atoms with Gasteiger partial charge in [0.25, 0.3) is 0 Å². The van der Waals surface area contributed by atoms with E-state index in [1.54, 1.807) is 19.2 Å². The Kier molecular flexibility index (Phi) is 5.95. The van der Waals surface area contributed by atoms with E-state index in [1.165, 1.54) is 6.07 Å².